The van der Waals surface area contributed by atoms with Gasteiger partial charge in [-0.05, 0) is 66.4 Å². The Kier molecular flexibility index (Phi) is 8.44. The summed E-state index contributed by atoms with van der Waals surface area (Å²) in [5.41, 5.74) is 5.44. The maximum Gasteiger partial charge on any atom is 0.123 e. The molecule has 1 heterocycles. The highest BCUT2D eigenvalue weighted by Gasteiger charge is 2.17. The third-order valence-electron chi connectivity index (χ3n) is 5.36. The van der Waals surface area contributed by atoms with Crippen LogP contribution in [0.1, 0.15) is 24.5 Å². The van der Waals surface area contributed by atoms with Crippen molar-refractivity contribution in [1.29, 1.82) is 0 Å². The molecule has 0 aromatic heterocycles. The first kappa shape index (κ1) is 22.8. The predicted octanol–water partition coefficient (Wildman–Crippen LogP) is 5.02. The van der Waals surface area contributed by atoms with Gasteiger partial charge in [0.15, 0.2) is 0 Å². The third kappa shape index (κ3) is 6.29. The Bertz CT molecular complexity index is 977. The van der Waals surface area contributed by atoms with E-state index in [0.717, 1.165) is 48.5 Å². The van der Waals surface area contributed by atoms with Gasteiger partial charge < -0.3 is 20.5 Å². The van der Waals surface area contributed by atoms with E-state index in [9.17, 15) is 9.50 Å². The van der Waals surface area contributed by atoms with Crippen LogP contribution in [0.25, 0.3) is 11.1 Å². The van der Waals surface area contributed by atoms with Crippen molar-refractivity contribution in [3.05, 3.63) is 83.7 Å². The standard InChI is InChI=1S/C16H16FNO.C10H15NO/c17-14-3-1-2-11(9-14)12-5-7-16-13(8-12)4-6-15(10-19)18-16;1-3-11-8-9-6-4-5-7-10(9)12-2/h1-3,5,7-9,15,18-19H,4,6,10H2;4-7,11H,3,8H2,1-2H3. The molecule has 4 nitrogen and oxygen atoms in total. The zero-order valence-corrected chi connectivity index (χ0v) is 18.2. The molecule has 1 aliphatic heterocycles. The van der Waals surface area contributed by atoms with Crippen LogP contribution in [-0.2, 0) is 13.0 Å². The summed E-state index contributed by atoms with van der Waals surface area (Å²) >= 11 is 0. The van der Waals surface area contributed by atoms with Crippen molar-refractivity contribution in [2.75, 3.05) is 25.6 Å². The average Bonchev–Trinajstić information content (AvgIpc) is 2.82. The largest absolute Gasteiger partial charge is 0.496 e. The van der Waals surface area contributed by atoms with Crippen LogP contribution in [0.2, 0.25) is 0 Å². The minimum Gasteiger partial charge on any atom is -0.496 e. The summed E-state index contributed by atoms with van der Waals surface area (Å²) in [6.07, 6.45) is 1.87. The molecule has 5 heteroatoms. The van der Waals surface area contributed by atoms with Crippen LogP contribution in [0.5, 0.6) is 5.75 Å². The van der Waals surface area contributed by atoms with E-state index in [1.54, 1.807) is 19.2 Å². The number of ether oxygens (including phenoxy) is 1. The number of aryl methyl sites for hydroxylation is 1. The summed E-state index contributed by atoms with van der Waals surface area (Å²) in [6, 6.07) is 20.9. The molecule has 1 aliphatic rings. The zero-order valence-electron chi connectivity index (χ0n) is 18.2. The molecule has 0 spiro atoms. The van der Waals surface area contributed by atoms with E-state index in [0.29, 0.717) is 0 Å². The molecule has 1 atom stereocenters. The van der Waals surface area contributed by atoms with Crippen molar-refractivity contribution in [3.63, 3.8) is 0 Å². The Hall–Kier alpha value is -2.89. The van der Waals surface area contributed by atoms with Gasteiger partial charge in [0.1, 0.15) is 11.6 Å². The van der Waals surface area contributed by atoms with E-state index in [4.69, 9.17) is 4.74 Å². The number of fused-ring (bicyclic) bond motifs is 1. The maximum atomic E-state index is 13.2. The van der Waals surface area contributed by atoms with E-state index in [-0.39, 0.29) is 18.5 Å². The topological polar surface area (TPSA) is 53.5 Å². The van der Waals surface area contributed by atoms with Crippen molar-refractivity contribution in [1.82, 2.24) is 5.32 Å². The monoisotopic (exact) mass is 422 g/mol. The number of methoxy groups -OCH3 is 1. The van der Waals surface area contributed by atoms with Gasteiger partial charge in [-0.2, -0.15) is 0 Å². The molecule has 0 saturated heterocycles. The number of hydrogen-bond acceptors (Lipinski definition) is 4. The Morgan fingerprint density at radius 1 is 1.06 bits per heavy atom. The van der Waals surface area contributed by atoms with Crippen molar-refractivity contribution in [2.45, 2.75) is 32.4 Å². The average molecular weight is 423 g/mol. The van der Waals surface area contributed by atoms with Gasteiger partial charge in [0.25, 0.3) is 0 Å². The number of hydrogen-bond donors (Lipinski definition) is 3. The minimum atomic E-state index is -0.214. The van der Waals surface area contributed by atoms with Gasteiger partial charge in [-0.1, -0.05) is 43.3 Å². The number of para-hydroxylation sites is 1. The summed E-state index contributed by atoms with van der Waals surface area (Å²) in [6.45, 7) is 4.11. The van der Waals surface area contributed by atoms with E-state index in [2.05, 4.69) is 29.7 Å². The number of benzene rings is 3. The van der Waals surface area contributed by atoms with Crippen LogP contribution >= 0.6 is 0 Å². The fourth-order valence-electron chi connectivity index (χ4n) is 3.66. The lowest BCUT2D eigenvalue weighted by Crippen LogP contribution is -2.28. The Morgan fingerprint density at radius 2 is 1.87 bits per heavy atom. The molecule has 3 aromatic carbocycles. The number of anilines is 1. The smallest absolute Gasteiger partial charge is 0.123 e. The van der Waals surface area contributed by atoms with Gasteiger partial charge >= 0.3 is 0 Å². The lowest BCUT2D eigenvalue weighted by Gasteiger charge is -2.26. The highest BCUT2D eigenvalue weighted by Crippen LogP contribution is 2.30. The van der Waals surface area contributed by atoms with Crippen molar-refractivity contribution in [2.24, 2.45) is 0 Å². The lowest BCUT2D eigenvalue weighted by atomic mass is 9.94. The van der Waals surface area contributed by atoms with Crippen LogP contribution < -0.4 is 15.4 Å². The number of aliphatic hydroxyl groups is 1. The second kappa shape index (κ2) is 11.5. The number of nitrogens with one attached hydrogen (secondary N) is 2. The Morgan fingerprint density at radius 3 is 2.61 bits per heavy atom. The van der Waals surface area contributed by atoms with E-state index >= 15 is 0 Å². The quantitative estimate of drug-likeness (QED) is 0.522. The van der Waals surface area contributed by atoms with Gasteiger partial charge in [-0.25, -0.2) is 4.39 Å². The zero-order chi connectivity index (χ0) is 22.1. The van der Waals surface area contributed by atoms with Gasteiger partial charge in [0.2, 0.25) is 0 Å². The third-order valence-corrected chi connectivity index (χ3v) is 5.36. The van der Waals surface area contributed by atoms with Gasteiger partial charge in [-0.3, -0.25) is 0 Å². The molecule has 0 fully saturated rings. The normalized spacial score (nSPS) is 14.6. The highest BCUT2D eigenvalue weighted by molar-refractivity contribution is 5.69. The van der Waals surface area contributed by atoms with Crippen molar-refractivity contribution in [3.8, 4) is 16.9 Å². The second-order valence-electron chi connectivity index (χ2n) is 7.54. The van der Waals surface area contributed by atoms with Crippen LogP contribution in [0.4, 0.5) is 10.1 Å². The first-order valence-electron chi connectivity index (χ1n) is 10.7. The SMILES string of the molecule is CCNCc1ccccc1OC.OCC1CCc2cc(-c3cccc(F)c3)ccc2N1. The molecule has 3 aromatic rings. The molecule has 164 valence electrons. The molecule has 0 bridgehead atoms. The molecule has 0 amide bonds. The summed E-state index contributed by atoms with van der Waals surface area (Å²) in [7, 11) is 1.70. The molecular formula is C26H31FN2O2. The minimum absolute atomic E-state index is 0.146. The second-order valence-corrected chi connectivity index (χ2v) is 7.54. The molecule has 1 unspecified atom stereocenters. The molecular weight excluding hydrogens is 391 g/mol. The molecule has 3 N–H and O–H groups in total. The molecule has 0 saturated carbocycles. The first-order valence-corrected chi connectivity index (χ1v) is 10.7. The van der Waals surface area contributed by atoms with Gasteiger partial charge in [0.05, 0.1) is 13.7 Å². The van der Waals surface area contributed by atoms with Gasteiger partial charge in [0, 0.05) is 23.8 Å². The van der Waals surface area contributed by atoms with Gasteiger partial charge in [-0.15, -0.1) is 0 Å². The summed E-state index contributed by atoms with van der Waals surface area (Å²) in [4.78, 5) is 0. The summed E-state index contributed by atoms with van der Waals surface area (Å²) in [5, 5.41) is 15.7. The molecule has 0 radical (unpaired) electrons. The van der Waals surface area contributed by atoms with Crippen molar-refractivity contribution < 1.29 is 14.2 Å². The van der Waals surface area contributed by atoms with Crippen LogP contribution in [0.15, 0.2) is 66.7 Å². The Balaban J connectivity index is 0.000000196. The number of aliphatic hydroxyl groups excluding tert-OH is 1. The molecule has 4 rings (SSSR count). The summed E-state index contributed by atoms with van der Waals surface area (Å²) in [5.74, 6) is 0.743. The van der Waals surface area contributed by atoms with E-state index in [1.807, 2.05) is 36.4 Å². The fraction of sp³-hybridized carbons (Fsp3) is 0.308. The highest BCUT2D eigenvalue weighted by atomic mass is 19.1. The number of rotatable bonds is 6. The predicted molar refractivity (Wildman–Crippen MR) is 125 cm³/mol. The van der Waals surface area contributed by atoms with Crippen LogP contribution in [0, 0.1) is 5.82 Å². The maximum absolute atomic E-state index is 13.2. The fourth-order valence-corrected chi connectivity index (χ4v) is 3.66. The summed E-state index contributed by atoms with van der Waals surface area (Å²) < 4.78 is 18.5. The van der Waals surface area contributed by atoms with E-state index in [1.165, 1.54) is 17.2 Å². The number of halogens is 1. The van der Waals surface area contributed by atoms with E-state index < -0.39 is 0 Å². The van der Waals surface area contributed by atoms with Crippen LogP contribution in [-0.4, -0.2) is 31.4 Å². The first-order chi connectivity index (χ1) is 15.1. The lowest BCUT2D eigenvalue weighted by molar-refractivity contribution is 0.267. The molecule has 0 aliphatic carbocycles. The Labute approximate surface area is 184 Å². The molecule has 31 heavy (non-hydrogen) atoms. The van der Waals surface area contributed by atoms with Crippen LogP contribution in [0.3, 0.4) is 0 Å². The van der Waals surface area contributed by atoms with Crippen molar-refractivity contribution >= 4 is 5.69 Å².